The summed E-state index contributed by atoms with van der Waals surface area (Å²) in [6.07, 6.45) is 4.87. The second kappa shape index (κ2) is 6.84. The molecule has 4 heteroatoms. The van der Waals surface area contributed by atoms with Crippen LogP contribution in [0.2, 0.25) is 0 Å². The van der Waals surface area contributed by atoms with Gasteiger partial charge in [-0.15, -0.1) is 0 Å². The highest BCUT2D eigenvalue weighted by Gasteiger charge is 2.15. The Labute approximate surface area is 126 Å². The summed E-state index contributed by atoms with van der Waals surface area (Å²) in [6, 6.07) is 6.20. The van der Waals surface area contributed by atoms with Crippen molar-refractivity contribution in [3.8, 4) is 0 Å². The van der Waals surface area contributed by atoms with Gasteiger partial charge in [0.15, 0.2) is 5.11 Å². The van der Waals surface area contributed by atoms with E-state index in [2.05, 4.69) is 54.8 Å². The number of benzene rings is 1. The molecule has 0 aromatic heterocycles. The van der Waals surface area contributed by atoms with Crippen LogP contribution >= 0.6 is 12.2 Å². The van der Waals surface area contributed by atoms with Crippen molar-refractivity contribution in [2.24, 2.45) is 11.0 Å². The minimum absolute atomic E-state index is 0.563. The summed E-state index contributed by atoms with van der Waals surface area (Å²) in [5.74, 6) is 0.569. The molecule has 3 nitrogen and oxygen atoms in total. The van der Waals surface area contributed by atoms with Gasteiger partial charge in [-0.1, -0.05) is 31.5 Å². The van der Waals surface area contributed by atoms with E-state index in [1.807, 2.05) is 0 Å². The number of hydrazone groups is 1. The number of nitrogens with one attached hydrogen (secondary N) is 2. The van der Waals surface area contributed by atoms with Crippen molar-refractivity contribution in [1.82, 2.24) is 5.43 Å². The largest absolute Gasteiger partial charge is 0.331 e. The number of nitrogens with zero attached hydrogens (tertiary/aromatic N) is 1. The number of rotatable bonds is 2. The molecule has 1 aliphatic carbocycles. The van der Waals surface area contributed by atoms with Crippen molar-refractivity contribution in [2.75, 3.05) is 5.32 Å². The van der Waals surface area contributed by atoms with Gasteiger partial charge in [0.25, 0.3) is 0 Å². The lowest BCUT2D eigenvalue weighted by molar-refractivity contribution is 0.555. The Balaban J connectivity index is 1.97. The summed E-state index contributed by atoms with van der Waals surface area (Å²) in [4.78, 5) is 0. The van der Waals surface area contributed by atoms with Crippen molar-refractivity contribution in [1.29, 1.82) is 0 Å². The summed E-state index contributed by atoms with van der Waals surface area (Å²) < 4.78 is 0. The standard InChI is InChI=1S/C16H23N3S/c1-11-7-4-5-10-14(11)18-19-16(20)17-15-12(2)8-6-9-13(15)3/h6,8-9,11H,4-5,7,10H2,1-3H3,(H2,17,19,20)/b18-14-/t11-/m1/s1. The fourth-order valence-electron chi connectivity index (χ4n) is 2.61. The molecule has 0 heterocycles. The second-order valence-electron chi connectivity index (χ2n) is 5.58. The summed E-state index contributed by atoms with van der Waals surface area (Å²) in [6.45, 7) is 6.39. The van der Waals surface area contributed by atoms with Gasteiger partial charge in [-0.05, 0) is 62.4 Å². The minimum Gasteiger partial charge on any atom is -0.331 e. The number of hydrogen-bond donors (Lipinski definition) is 2. The average molecular weight is 289 g/mol. The van der Waals surface area contributed by atoms with Gasteiger partial charge in [0.2, 0.25) is 0 Å². The quantitative estimate of drug-likeness (QED) is 0.634. The van der Waals surface area contributed by atoms with Crippen LogP contribution in [-0.4, -0.2) is 10.8 Å². The van der Waals surface area contributed by atoms with Crippen LogP contribution in [0, 0.1) is 19.8 Å². The van der Waals surface area contributed by atoms with Crippen LogP contribution in [0.15, 0.2) is 23.3 Å². The predicted molar refractivity (Wildman–Crippen MR) is 90.3 cm³/mol. The number of hydrogen-bond acceptors (Lipinski definition) is 2. The first-order valence-electron chi connectivity index (χ1n) is 7.27. The molecule has 108 valence electrons. The summed E-state index contributed by atoms with van der Waals surface area (Å²) in [5, 5.41) is 8.29. The molecule has 2 N–H and O–H groups in total. The highest BCUT2D eigenvalue weighted by molar-refractivity contribution is 7.80. The SMILES string of the molecule is Cc1cccc(C)c1NC(=S)N/N=C1/CCCC[C@H]1C. The van der Waals surface area contributed by atoms with Crippen LogP contribution in [0.5, 0.6) is 0 Å². The first-order valence-corrected chi connectivity index (χ1v) is 7.68. The van der Waals surface area contributed by atoms with Crippen molar-refractivity contribution in [3.05, 3.63) is 29.3 Å². The number of anilines is 1. The fourth-order valence-corrected chi connectivity index (χ4v) is 2.76. The molecular weight excluding hydrogens is 266 g/mol. The normalized spacial score (nSPS) is 20.8. The lowest BCUT2D eigenvalue weighted by atomic mass is 9.89. The van der Waals surface area contributed by atoms with Crippen molar-refractivity contribution in [2.45, 2.75) is 46.5 Å². The Bertz CT molecular complexity index is 502. The number of thiocarbonyl (C=S) groups is 1. The first kappa shape index (κ1) is 15.0. The molecule has 1 aliphatic rings. The topological polar surface area (TPSA) is 36.4 Å². The van der Waals surface area contributed by atoms with Gasteiger partial charge >= 0.3 is 0 Å². The van der Waals surface area contributed by atoms with Gasteiger partial charge in [0, 0.05) is 11.4 Å². The molecule has 1 saturated carbocycles. The van der Waals surface area contributed by atoms with Crippen LogP contribution in [0.4, 0.5) is 5.69 Å². The number of para-hydroxylation sites is 1. The van der Waals surface area contributed by atoms with Crippen LogP contribution in [-0.2, 0) is 0 Å². The zero-order chi connectivity index (χ0) is 14.5. The molecule has 2 rings (SSSR count). The molecule has 1 fully saturated rings. The third-order valence-electron chi connectivity index (χ3n) is 3.91. The Kier molecular flexibility index (Phi) is 5.12. The number of aryl methyl sites for hydroxylation is 2. The van der Waals surface area contributed by atoms with Crippen molar-refractivity contribution < 1.29 is 0 Å². The van der Waals surface area contributed by atoms with E-state index in [0.29, 0.717) is 11.0 Å². The summed E-state index contributed by atoms with van der Waals surface area (Å²) in [7, 11) is 0. The van der Waals surface area contributed by atoms with Crippen LogP contribution in [0.25, 0.3) is 0 Å². The van der Waals surface area contributed by atoms with E-state index in [1.165, 1.54) is 36.1 Å². The van der Waals surface area contributed by atoms with E-state index < -0.39 is 0 Å². The van der Waals surface area contributed by atoms with E-state index in [4.69, 9.17) is 12.2 Å². The molecule has 0 amide bonds. The fraction of sp³-hybridized carbons (Fsp3) is 0.500. The molecule has 1 aromatic rings. The monoisotopic (exact) mass is 289 g/mol. The Hall–Kier alpha value is -1.42. The van der Waals surface area contributed by atoms with Gasteiger partial charge in [-0.2, -0.15) is 5.10 Å². The molecule has 0 aliphatic heterocycles. The van der Waals surface area contributed by atoms with Gasteiger partial charge in [0.1, 0.15) is 0 Å². The van der Waals surface area contributed by atoms with E-state index in [-0.39, 0.29) is 0 Å². The Morgan fingerprint density at radius 1 is 1.25 bits per heavy atom. The maximum absolute atomic E-state index is 5.33. The average Bonchev–Trinajstić information content (AvgIpc) is 2.42. The van der Waals surface area contributed by atoms with E-state index >= 15 is 0 Å². The molecule has 0 bridgehead atoms. The predicted octanol–water partition coefficient (Wildman–Crippen LogP) is 4.16. The van der Waals surface area contributed by atoms with Gasteiger partial charge in [-0.3, -0.25) is 5.43 Å². The van der Waals surface area contributed by atoms with E-state index in [0.717, 1.165) is 12.1 Å². The molecule has 0 saturated heterocycles. The lowest BCUT2D eigenvalue weighted by Crippen LogP contribution is -2.28. The smallest absolute Gasteiger partial charge is 0.191 e. The summed E-state index contributed by atoms with van der Waals surface area (Å²) >= 11 is 5.33. The zero-order valence-electron chi connectivity index (χ0n) is 12.5. The van der Waals surface area contributed by atoms with Gasteiger partial charge < -0.3 is 5.32 Å². The van der Waals surface area contributed by atoms with Crippen molar-refractivity contribution in [3.63, 3.8) is 0 Å². The molecule has 1 aromatic carbocycles. The first-order chi connectivity index (χ1) is 9.58. The molecule has 1 atom stereocenters. The Morgan fingerprint density at radius 3 is 2.60 bits per heavy atom. The lowest BCUT2D eigenvalue weighted by Gasteiger charge is -2.20. The van der Waals surface area contributed by atoms with Crippen LogP contribution in [0.1, 0.15) is 43.7 Å². The van der Waals surface area contributed by atoms with Crippen LogP contribution in [0.3, 0.4) is 0 Å². The summed E-state index contributed by atoms with van der Waals surface area (Å²) in [5.41, 5.74) is 7.68. The highest BCUT2D eigenvalue weighted by Crippen LogP contribution is 2.21. The van der Waals surface area contributed by atoms with E-state index in [1.54, 1.807) is 0 Å². The third kappa shape index (κ3) is 3.79. The maximum atomic E-state index is 5.33. The minimum atomic E-state index is 0.563. The molecule has 0 unspecified atom stereocenters. The molecule has 0 spiro atoms. The second-order valence-corrected chi connectivity index (χ2v) is 5.99. The Morgan fingerprint density at radius 2 is 1.95 bits per heavy atom. The molecule has 0 radical (unpaired) electrons. The van der Waals surface area contributed by atoms with Gasteiger partial charge in [0.05, 0.1) is 0 Å². The van der Waals surface area contributed by atoms with Gasteiger partial charge in [-0.25, -0.2) is 0 Å². The van der Waals surface area contributed by atoms with Crippen LogP contribution < -0.4 is 10.7 Å². The third-order valence-corrected chi connectivity index (χ3v) is 4.10. The molecule has 20 heavy (non-hydrogen) atoms. The molecular formula is C16H23N3S. The zero-order valence-corrected chi connectivity index (χ0v) is 13.3. The maximum Gasteiger partial charge on any atom is 0.191 e. The highest BCUT2D eigenvalue weighted by atomic mass is 32.1. The van der Waals surface area contributed by atoms with E-state index in [9.17, 15) is 0 Å². The van der Waals surface area contributed by atoms with Crippen molar-refractivity contribution >= 4 is 28.7 Å².